The van der Waals surface area contributed by atoms with E-state index in [1.807, 2.05) is 54.6 Å². The Balaban J connectivity index is 1.36. The van der Waals surface area contributed by atoms with E-state index in [2.05, 4.69) is 5.32 Å². The van der Waals surface area contributed by atoms with E-state index < -0.39 is 0 Å². The molecule has 3 heterocycles. The molecule has 2 unspecified atom stereocenters. The maximum atomic E-state index is 13.4. The lowest BCUT2D eigenvalue weighted by Gasteiger charge is -2.27. The lowest BCUT2D eigenvalue weighted by molar-refractivity contribution is -0.131. The third-order valence-corrected chi connectivity index (χ3v) is 6.99. The first-order chi connectivity index (χ1) is 16.6. The van der Waals surface area contributed by atoms with Gasteiger partial charge in [0.05, 0.1) is 24.0 Å². The number of benzene rings is 1. The van der Waals surface area contributed by atoms with Gasteiger partial charge in [-0.3, -0.25) is 9.59 Å². The fourth-order valence-corrected chi connectivity index (χ4v) is 5.29. The molecular formula is C26H25N3O4S. The number of hydrazone groups is 1. The van der Waals surface area contributed by atoms with Crippen LogP contribution >= 0.6 is 11.8 Å². The molecule has 1 aromatic carbocycles. The number of carbonyl (C=O) groups is 2. The lowest BCUT2D eigenvalue weighted by Crippen LogP contribution is -2.32. The molecule has 1 N–H and O–H groups in total. The van der Waals surface area contributed by atoms with Crippen molar-refractivity contribution in [3.8, 4) is 0 Å². The van der Waals surface area contributed by atoms with Gasteiger partial charge in [-0.05, 0) is 79.4 Å². The van der Waals surface area contributed by atoms with Crippen molar-refractivity contribution in [2.24, 2.45) is 11.0 Å². The summed E-state index contributed by atoms with van der Waals surface area (Å²) < 4.78 is 11.3. The Morgan fingerprint density at radius 1 is 1.15 bits per heavy atom. The summed E-state index contributed by atoms with van der Waals surface area (Å²) in [4.78, 5) is 25.5. The molecule has 2 aromatic heterocycles. The summed E-state index contributed by atoms with van der Waals surface area (Å²) in [5.74, 6) is 1.69. The molecular weight excluding hydrogens is 450 g/mol. The molecule has 7 nitrogen and oxygen atoms in total. The van der Waals surface area contributed by atoms with Crippen LogP contribution in [0.5, 0.6) is 0 Å². The molecule has 5 rings (SSSR count). The van der Waals surface area contributed by atoms with Crippen LogP contribution in [-0.2, 0) is 9.59 Å². The number of rotatable bonds is 6. The first-order valence-corrected chi connectivity index (χ1v) is 12.3. The van der Waals surface area contributed by atoms with Crippen molar-refractivity contribution in [1.29, 1.82) is 0 Å². The molecule has 174 valence electrons. The van der Waals surface area contributed by atoms with E-state index in [0.717, 1.165) is 52.7 Å². The molecule has 2 aliphatic rings. The molecule has 0 bridgehead atoms. The van der Waals surface area contributed by atoms with Gasteiger partial charge in [-0.2, -0.15) is 5.10 Å². The van der Waals surface area contributed by atoms with Gasteiger partial charge in [-0.15, -0.1) is 11.8 Å². The summed E-state index contributed by atoms with van der Waals surface area (Å²) in [5, 5.41) is 9.20. The highest BCUT2D eigenvalue weighted by Gasteiger charge is 2.45. The minimum absolute atomic E-state index is 0.0726. The molecule has 2 amide bonds. The first-order valence-electron chi connectivity index (χ1n) is 11.3. The van der Waals surface area contributed by atoms with Crippen LogP contribution in [0.25, 0.3) is 6.08 Å². The number of carbonyl (C=O) groups excluding carboxylic acids is 2. The third kappa shape index (κ3) is 4.72. The Labute approximate surface area is 201 Å². The van der Waals surface area contributed by atoms with Crippen LogP contribution in [0.15, 0.2) is 85.5 Å². The van der Waals surface area contributed by atoms with E-state index in [0.29, 0.717) is 0 Å². The minimum Gasteiger partial charge on any atom is -0.467 e. The normalized spacial score (nSPS) is 20.8. The second-order valence-electron chi connectivity index (χ2n) is 8.36. The molecule has 1 aliphatic heterocycles. The standard InChI is InChI=1S/C26H25N3O4S/c1-17(30)27-19-9-11-21(12-10-19)34-16-24(31)29-26(23-8-4-14-33-23)22-7-2-5-18(25(22)28-29)15-20-6-3-13-32-20/h3-4,6,8-15,22,26H,2,5,7,16H2,1H3,(H,27,30)/b18-15-. The predicted octanol–water partition coefficient (Wildman–Crippen LogP) is 5.75. The summed E-state index contributed by atoms with van der Waals surface area (Å²) in [6, 6.07) is 14.8. The fourth-order valence-electron chi connectivity index (χ4n) is 4.54. The Morgan fingerprint density at radius 3 is 2.65 bits per heavy atom. The van der Waals surface area contributed by atoms with Crippen LogP contribution in [0, 0.1) is 5.92 Å². The maximum absolute atomic E-state index is 13.4. The molecule has 8 heteroatoms. The van der Waals surface area contributed by atoms with E-state index >= 15 is 0 Å². The summed E-state index contributed by atoms with van der Waals surface area (Å²) in [5.41, 5.74) is 2.79. The zero-order chi connectivity index (χ0) is 23.5. The highest BCUT2D eigenvalue weighted by atomic mass is 32.2. The minimum atomic E-state index is -0.249. The number of hydrogen-bond acceptors (Lipinski definition) is 6. The quantitative estimate of drug-likeness (QED) is 0.459. The summed E-state index contributed by atoms with van der Waals surface area (Å²) >= 11 is 1.45. The van der Waals surface area contributed by atoms with Gasteiger partial charge in [-0.25, -0.2) is 5.01 Å². The second kappa shape index (κ2) is 9.77. The number of amides is 2. The van der Waals surface area contributed by atoms with Crippen molar-refractivity contribution in [2.75, 3.05) is 11.1 Å². The SMILES string of the molecule is CC(=O)Nc1ccc(SCC(=O)N2N=C3/C(=C\c4ccco4)CCCC3C2c2ccco2)cc1. The zero-order valence-corrected chi connectivity index (χ0v) is 19.6. The number of fused-ring (bicyclic) bond motifs is 1. The molecule has 1 saturated carbocycles. The largest absolute Gasteiger partial charge is 0.467 e. The molecule has 34 heavy (non-hydrogen) atoms. The molecule has 1 fully saturated rings. The third-order valence-electron chi connectivity index (χ3n) is 5.99. The van der Waals surface area contributed by atoms with Gasteiger partial charge in [0, 0.05) is 23.4 Å². The average Bonchev–Trinajstić information content (AvgIpc) is 3.59. The summed E-state index contributed by atoms with van der Waals surface area (Å²) in [6.45, 7) is 1.47. The number of hydrogen-bond donors (Lipinski definition) is 1. The predicted molar refractivity (Wildman–Crippen MR) is 131 cm³/mol. The van der Waals surface area contributed by atoms with E-state index in [1.54, 1.807) is 17.5 Å². The van der Waals surface area contributed by atoms with Crippen LogP contribution in [0.2, 0.25) is 0 Å². The van der Waals surface area contributed by atoms with E-state index in [9.17, 15) is 9.59 Å². The Morgan fingerprint density at radius 2 is 1.94 bits per heavy atom. The Hall–Kier alpha value is -3.52. The first kappa shape index (κ1) is 22.3. The van der Waals surface area contributed by atoms with Gasteiger partial charge >= 0.3 is 0 Å². The van der Waals surface area contributed by atoms with Crippen LogP contribution in [0.3, 0.4) is 0 Å². The number of anilines is 1. The van der Waals surface area contributed by atoms with E-state index in [4.69, 9.17) is 13.9 Å². The van der Waals surface area contributed by atoms with Crippen molar-refractivity contribution in [2.45, 2.75) is 37.1 Å². The van der Waals surface area contributed by atoms with Crippen LogP contribution in [-0.4, -0.2) is 28.3 Å². The van der Waals surface area contributed by atoms with Gasteiger partial charge in [0.1, 0.15) is 17.6 Å². The molecule has 0 radical (unpaired) electrons. The highest BCUT2D eigenvalue weighted by molar-refractivity contribution is 8.00. The molecule has 0 spiro atoms. The van der Waals surface area contributed by atoms with Crippen LogP contribution in [0.1, 0.15) is 43.7 Å². The van der Waals surface area contributed by atoms with Crippen molar-refractivity contribution >= 4 is 41.1 Å². The van der Waals surface area contributed by atoms with Crippen molar-refractivity contribution in [1.82, 2.24) is 5.01 Å². The maximum Gasteiger partial charge on any atom is 0.253 e. The zero-order valence-electron chi connectivity index (χ0n) is 18.8. The molecule has 3 aromatic rings. The average molecular weight is 476 g/mol. The summed E-state index contributed by atoms with van der Waals surface area (Å²) in [7, 11) is 0. The number of nitrogens with one attached hydrogen (secondary N) is 1. The highest BCUT2D eigenvalue weighted by Crippen LogP contribution is 2.44. The lowest BCUT2D eigenvalue weighted by atomic mass is 9.79. The van der Waals surface area contributed by atoms with E-state index in [-0.39, 0.29) is 29.5 Å². The molecule has 2 atom stereocenters. The number of thioether (sulfide) groups is 1. The van der Waals surface area contributed by atoms with Crippen molar-refractivity contribution < 1.29 is 18.4 Å². The van der Waals surface area contributed by atoms with E-state index in [1.165, 1.54) is 18.7 Å². The second-order valence-corrected chi connectivity index (χ2v) is 9.41. The Bertz CT molecular complexity index is 1210. The number of furan rings is 2. The number of nitrogens with zero attached hydrogens (tertiary/aromatic N) is 2. The fraction of sp³-hybridized carbons (Fsp3) is 0.269. The van der Waals surface area contributed by atoms with Gasteiger partial charge in [-0.1, -0.05) is 0 Å². The van der Waals surface area contributed by atoms with Crippen LogP contribution < -0.4 is 5.32 Å². The van der Waals surface area contributed by atoms with Gasteiger partial charge < -0.3 is 14.2 Å². The Kier molecular flexibility index (Phi) is 6.40. The summed E-state index contributed by atoms with van der Waals surface area (Å²) in [6.07, 6.45) is 8.20. The van der Waals surface area contributed by atoms with Gasteiger partial charge in [0.25, 0.3) is 5.91 Å². The molecule has 1 aliphatic carbocycles. The van der Waals surface area contributed by atoms with Crippen molar-refractivity contribution in [3.05, 3.63) is 78.2 Å². The van der Waals surface area contributed by atoms with Gasteiger partial charge in [0.15, 0.2) is 0 Å². The molecule has 0 saturated heterocycles. The topological polar surface area (TPSA) is 88.0 Å². The van der Waals surface area contributed by atoms with Gasteiger partial charge in [0.2, 0.25) is 5.91 Å². The smallest absolute Gasteiger partial charge is 0.253 e. The van der Waals surface area contributed by atoms with Crippen LogP contribution in [0.4, 0.5) is 5.69 Å². The number of allylic oxidation sites excluding steroid dienone is 1. The van der Waals surface area contributed by atoms with Crippen molar-refractivity contribution in [3.63, 3.8) is 0 Å². The monoisotopic (exact) mass is 475 g/mol.